The van der Waals surface area contributed by atoms with Crippen LogP contribution in [0.15, 0.2) is 156 Å². The van der Waals surface area contributed by atoms with Gasteiger partial charge >= 0.3 is 0 Å². The van der Waals surface area contributed by atoms with Crippen molar-refractivity contribution in [1.82, 2.24) is 14.1 Å². The number of rotatable bonds is 3. The monoisotopic (exact) mass is 575 g/mol. The van der Waals surface area contributed by atoms with Crippen molar-refractivity contribution >= 4 is 65.6 Å². The molecule has 10 aromatic rings. The zero-order valence-electron chi connectivity index (χ0n) is 24.2. The summed E-state index contributed by atoms with van der Waals surface area (Å²) in [5.41, 5.74) is 9.55. The largest absolute Gasteiger partial charge is 0.456 e. The lowest BCUT2D eigenvalue weighted by Gasteiger charge is -2.11. The molecule has 4 nitrogen and oxygen atoms in total. The molecule has 6 aromatic carbocycles. The Morgan fingerprint density at radius 3 is 1.76 bits per heavy atom. The number of hydrogen-bond acceptors (Lipinski definition) is 2. The summed E-state index contributed by atoms with van der Waals surface area (Å²) in [6.07, 6.45) is 0. The minimum atomic E-state index is 0.891. The number of hydrogen-bond donors (Lipinski definition) is 0. The first-order valence-corrected chi connectivity index (χ1v) is 15.2. The molecule has 4 heteroatoms. The first-order chi connectivity index (χ1) is 22.3. The predicted molar refractivity (Wildman–Crippen MR) is 186 cm³/mol. The summed E-state index contributed by atoms with van der Waals surface area (Å²) in [6.45, 7) is 0. The van der Waals surface area contributed by atoms with Gasteiger partial charge < -0.3 is 8.98 Å². The molecule has 0 amide bonds. The molecular formula is C41H25N3O. The molecule has 0 spiro atoms. The normalized spacial score (nSPS) is 12.0. The highest BCUT2D eigenvalue weighted by Gasteiger charge is 2.19. The maximum Gasteiger partial charge on any atom is 0.138 e. The average Bonchev–Trinajstić information content (AvgIpc) is 3.76. The van der Waals surface area contributed by atoms with Gasteiger partial charge in [0.25, 0.3) is 0 Å². The Hall–Kier alpha value is -6.13. The molecule has 0 radical (unpaired) electrons. The summed E-state index contributed by atoms with van der Waals surface area (Å²) in [5, 5.41) is 7.11. The first-order valence-electron chi connectivity index (χ1n) is 15.2. The predicted octanol–water partition coefficient (Wildman–Crippen LogP) is 10.8. The third kappa shape index (κ3) is 3.45. The second-order valence-corrected chi connectivity index (χ2v) is 11.6. The summed E-state index contributed by atoms with van der Waals surface area (Å²) in [4.78, 5) is 5.25. The van der Waals surface area contributed by atoms with Crippen molar-refractivity contribution in [2.75, 3.05) is 0 Å². The lowest BCUT2D eigenvalue weighted by atomic mass is 10.1. The summed E-state index contributed by atoms with van der Waals surface area (Å²) < 4.78 is 10.9. The highest BCUT2D eigenvalue weighted by atomic mass is 16.3. The molecule has 0 saturated carbocycles. The standard InChI is InChI=1S/C41H25N3O/c1-6-17-34-27(11-1)28-12-2-7-18-35(28)44(34)40-22-9-15-32(42-40)26-23-24-36-31(25-26)29-13-3-5-16-33(29)43(36)37-19-10-21-39-41(37)30-14-4-8-20-38(30)45-39/h1-25H. The van der Waals surface area contributed by atoms with E-state index >= 15 is 0 Å². The van der Waals surface area contributed by atoms with Crippen molar-refractivity contribution in [3.63, 3.8) is 0 Å². The molecule has 0 atom stereocenters. The van der Waals surface area contributed by atoms with E-state index in [-0.39, 0.29) is 0 Å². The van der Waals surface area contributed by atoms with Gasteiger partial charge in [-0.15, -0.1) is 0 Å². The van der Waals surface area contributed by atoms with Gasteiger partial charge in [-0.1, -0.05) is 91.0 Å². The molecule has 4 heterocycles. The number of pyridine rings is 1. The van der Waals surface area contributed by atoms with E-state index in [2.05, 4.69) is 149 Å². The van der Waals surface area contributed by atoms with Crippen molar-refractivity contribution in [2.45, 2.75) is 0 Å². The zero-order chi connectivity index (χ0) is 29.5. The van der Waals surface area contributed by atoms with Gasteiger partial charge in [0.15, 0.2) is 0 Å². The van der Waals surface area contributed by atoms with E-state index in [9.17, 15) is 0 Å². The van der Waals surface area contributed by atoms with Crippen LogP contribution in [0.25, 0.3) is 88.3 Å². The Kier molecular flexibility index (Phi) is 4.96. The molecule has 0 aliphatic rings. The van der Waals surface area contributed by atoms with Crippen LogP contribution in [0.4, 0.5) is 0 Å². The van der Waals surface area contributed by atoms with E-state index in [4.69, 9.17) is 9.40 Å². The number of nitrogens with zero attached hydrogens (tertiary/aromatic N) is 3. The van der Waals surface area contributed by atoms with Gasteiger partial charge in [-0.25, -0.2) is 4.98 Å². The summed E-state index contributed by atoms with van der Waals surface area (Å²) in [7, 11) is 0. The third-order valence-corrected chi connectivity index (χ3v) is 9.13. The van der Waals surface area contributed by atoms with Crippen molar-refractivity contribution in [1.29, 1.82) is 0 Å². The number of benzene rings is 6. The van der Waals surface area contributed by atoms with Crippen LogP contribution < -0.4 is 0 Å². The molecule has 45 heavy (non-hydrogen) atoms. The van der Waals surface area contributed by atoms with Gasteiger partial charge in [0.05, 0.1) is 38.8 Å². The minimum absolute atomic E-state index is 0.891. The fourth-order valence-corrected chi connectivity index (χ4v) is 7.21. The second-order valence-electron chi connectivity index (χ2n) is 11.6. The number of para-hydroxylation sites is 4. The van der Waals surface area contributed by atoms with Crippen LogP contribution in [0.3, 0.4) is 0 Å². The van der Waals surface area contributed by atoms with Crippen LogP contribution in [-0.2, 0) is 0 Å². The molecule has 0 saturated heterocycles. The fraction of sp³-hybridized carbons (Fsp3) is 0. The molecule has 0 fully saturated rings. The topological polar surface area (TPSA) is 35.9 Å². The molecule has 0 unspecified atom stereocenters. The Morgan fingerprint density at radius 2 is 1.00 bits per heavy atom. The Bertz CT molecular complexity index is 2720. The van der Waals surface area contributed by atoms with E-state index in [1.807, 2.05) is 12.1 Å². The molecule has 10 rings (SSSR count). The first kappa shape index (κ1) is 24.3. The summed E-state index contributed by atoms with van der Waals surface area (Å²) in [5.74, 6) is 0.908. The van der Waals surface area contributed by atoms with Crippen LogP contribution >= 0.6 is 0 Å². The summed E-state index contributed by atoms with van der Waals surface area (Å²) in [6, 6.07) is 53.4. The van der Waals surface area contributed by atoms with Crippen molar-refractivity contribution in [3.05, 3.63) is 152 Å². The Morgan fingerprint density at radius 1 is 0.422 bits per heavy atom. The third-order valence-electron chi connectivity index (χ3n) is 9.13. The van der Waals surface area contributed by atoms with E-state index < -0.39 is 0 Å². The Balaban J connectivity index is 1.19. The zero-order valence-corrected chi connectivity index (χ0v) is 24.2. The molecule has 0 aliphatic carbocycles. The molecule has 0 N–H and O–H groups in total. The highest BCUT2D eigenvalue weighted by Crippen LogP contribution is 2.40. The van der Waals surface area contributed by atoms with Gasteiger partial charge in [-0.3, -0.25) is 4.57 Å². The molecule has 0 aliphatic heterocycles. The quantitative estimate of drug-likeness (QED) is 0.210. The van der Waals surface area contributed by atoms with Crippen LogP contribution in [0, 0.1) is 0 Å². The van der Waals surface area contributed by atoms with Crippen LogP contribution in [0.5, 0.6) is 0 Å². The number of fused-ring (bicyclic) bond motifs is 9. The maximum absolute atomic E-state index is 6.26. The molecule has 0 bridgehead atoms. The van der Waals surface area contributed by atoms with E-state index in [0.29, 0.717) is 0 Å². The van der Waals surface area contributed by atoms with Crippen LogP contribution in [0.1, 0.15) is 0 Å². The van der Waals surface area contributed by atoms with Crippen LogP contribution in [0.2, 0.25) is 0 Å². The maximum atomic E-state index is 6.26. The van der Waals surface area contributed by atoms with E-state index in [1.54, 1.807) is 0 Å². The van der Waals surface area contributed by atoms with E-state index in [0.717, 1.165) is 66.8 Å². The van der Waals surface area contributed by atoms with E-state index in [1.165, 1.54) is 21.5 Å². The molecular weight excluding hydrogens is 550 g/mol. The smallest absolute Gasteiger partial charge is 0.138 e. The second kappa shape index (κ2) is 9.18. The minimum Gasteiger partial charge on any atom is -0.456 e. The van der Waals surface area contributed by atoms with Crippen molar-refractivity contribution in [3.8, 4) is 22.8 Å². The Labute approximate surface area is 258 Å². The van der Waals surface area contributed by atoms with Gasteiger partial charge in [0, 0.05) is 32.5 Å². The van der Waals surface area contributed by atoms with Crippen molar-refractivity contribution < 1.29 is 4.42 Å². The fourth-order valence-electron chi connectivity index (χ4n) is 7.21. The van der Waals surface area contributed by atoms with Gasteiger partial charge in [-0.05, 0) is 60.7 Å². The van der Waals surface area contributed by atoms with Crippen LogP contribution in [-0.4, -0.2) is 14.1 Å². The molecule has 210 valence electrons. The lowest BCUT2D eigenvalue weighted by Crippen LogP contribution is -1.98. The lowest BCUT2D eigenvalue weighted by molar-refractivity contribution is 0.669. The number of aromatic nitrogens is 3. The van der Waals surface area contributed by atoms with Gasteiger partial charge in [-0.2, -0.15) is 0 Å². The highest BCUT2D eigenvalue weighted by molar-refractivity contribution is 6.15. The van der Waals surface area contributed by atoms with Gasteiger partial charge in [0.2, 0.25) is 0 Å². The number of furan rings is 1. The molecule has 4 aromatic heterocycles. The average molecular weight is 576 g/mol. The summed E-state index contributed by atoms with van der Waals surface area (Å²) >= 11 is 0. The van der Waals surface area contributed by atoms with Crippen molar-refractivity contribution in [2.24, 2.45) is 0 Å². The van der Waals surface area contributed by atoms with Gasteiger partial charge in [0.1, 0.15) is 17.0 Å². The SMILES string of the molecule is c1cc(-c2ccc3c(c2)c2ccccc2n3-c2cccc3oc4ccccc4c23)nc(-n2c3ccccc3c3ccccc32)c1.